The van der Waals surface area contributed by atoms with Crippen molar-refractivity contribution in [1.82, 2.24) is 0 Å². The molecule has 0 fully saturated rings. The van der Waals surface area contributed by atoms with Crippen LogP contribution >= 0.6 is 11.8 Å². The van der Waals surface area contributed by atoms with Crippen LogP contribution in [0.25, 0.3) is 11.1 Å². The third-order valence-electron chi connectivity index (χ3n) is 5.49. The first-order valence-corrected chi connectivity index (χ1v) is 9.84. The van der Waals surface area contributed by atoms with Gasteiger partial charge in [0.1, 0.15) is 5.94 Å². The third kappa shape index (κ3) is 2.70. The highest BCUT2D eigenvalue weighted by Gasteiger charge is 2.29. The zero-order valence-electron chi connectivity index (χ0n) is 14.9. The molecule has 2 aromatic carbocycles. The fourth-order valence-corrected chi connectivity index (χ4v) is 5.41. The standard InChI is InChI=1S/C23H22OS/c1-15-12-19(17-6-4-5-7-18(17)20(15)14-24)16-8-9-22-21(13-16)23(2,3)10-11-25-22/h4-9,12-13,15H,10-11H2,1-3H3. The number of carbonyl (C=O) groups excluding carboxylic acids is 1. The highest BCUT2D eigenvalue weighted by Crippen LogP contribution is 2.44. The average Bonchev–Trinajstić information content (AvgIpc) is 2.61. The molecule has 0 spiro atoms. The van der Waals surface area contributed by atoms with Gasteiger partial charge in [0.15, 0.2) is 0 Å². The Labute approximate surface area is 153 Å². The summed E-state index contributed by atoms with van der Waals surface area (Å²) in [6.45, 7) is 6.76. The molecule has 1 aliphatic carbocycles. The quantitative estimate of drug-likeness (QED) is 0.611. The molecule has 126 valence electrons. The molecule has 0 bridgehead atoms. The molecule has 0 N–H and O–H groups in total. The lowest BCUT2D eigenvalue weighted by Gasteiger charge is -2.33. The maximum absolute atomic E-state index is 11.5. The first kappa shape index (κ1) is 16.4. The number of rotatable bonds is 1. The second kappa shape index (κ2) is 6.05. The van der Waals surface area contributed by atoms with Gasteiger partial charge in [0.2, 0.25) is 0 Å². The molecule has 0 amide bonds. The van der Waals surface area contributed by atoms with Crippen LogP contribution in [0.2, 0.25) is 0 Å². The van der Waals surface area contributed by atoms with Crippen molar-refractivity contribution in [1.29, 1.82) is 0 Å². The topological polar surface area (TPSA) is 17.1 Å². The van der Waals surface area contributed by atoms with E-state index in [1.54, 1.807) is 0 Å². The van der Waals surface area contributed by atoms with E-state index in [4.69, 9.17) is 0 Å². The van der Waals surface area contributed by atoms with Crippen LogP contribution in [0.5, 0.6) is 0 Å². The molecule has 1 atom stereocenters. The number of benzene rings is 2. The van der Waals surface area contributed by atoms with Crippen molar-refractivity contribution in [2.75, 3.05) is 5.75 Å². The van der Waals surface area contributed by atoms with Crippen molar-refractivity contribution in [2.45, 2.75) is 37.5 Å². The summed E-state index contributed by atoms with van der Waals surface area (Å²) in [7, 11) is 0. The van der Waals surface area contributed by atoms with Crippen molar-refractivity contribution in [3.63, 3.8) is 0 Å². The molecule has 4 rings (SSSR count). The molecule has 25 heavy (non-hydrogen) atoms. The van der Waals surface area contributed by atoms with Gasteiger partial charge in [0.25, 0.3) is 0 Å². The fraction of sp³-hybridized carbons (Fsp3) is 0.304. The minimum atomic E-state index is 0.0841. The average molecular weight is 346 g/mol. The van der Waals surface area contributed by atoms with Gasteiger partial charge in [-0.05, 0) is 57.5 Å². The monoisotopic (exact) mass is 346 g/mol. The largest absolute Gasteiger partial charge is 0.233 e. The lowest BCUT2D eigenvalue weighted by atomic mass is 9.77. The number of thioether (sulfide) groups is 1. The molecule has 1 nitrogen and oxygen atoms in total. The maximum Gasteiger partial charge on any atom is 0.129 e. The van der Waals surface area contributed by atoms with Gasteiger partial charge in [-0.3, -0.25) is 0 Å². The van der Waals surface area contributed by atoms with Gasteiger partial charge in [-0.1, -0.05) is 57.2 Å². The van der Waals surface area contributed by atoms with E-state index in [0.717, 1.165) is 16.7 Å². The zero-order valence-corrected chi connectivity index (χ0v) is 15.7. The maximum atomic E-state index is 11.5. The zero-order chi connectivity index (χ0) is 17.6. The Morgan fingerprint density at radius 2 is 1.88 bits per heavy atom. The van der Waals surface area contributed by atoms with Crippen molar-refractivity contribution in [3.8, 4) is 0 Å². The molecule has 1 heterocycles. The number of hydrogen-bond acceptors (Lipinski definition) is 2. The van der Waals surface area contributed by atoms with Crippen molar-refractivity contribution < 1.29 is 4.79 Å². The van der Waals surface area contributed by atoms with Crippen LogP contribution in [0.3, 0.4) is 0 Å². The Balaban J connectivity index is 1.90. The second-order valence-corrected chi connectivity index (χ2v) is 8.76. The predicted molar refractivity (Wildman–Crippen MR) is 107 cm³/mol. The van der Waals surface area contributed by atoms with E-state index < -0.39 is 0 Å². The van der Waals surface area contributed by atoms with Crippen molar-refractivity contribution >= 4 is 28.8 Å². The molecule has 2 aromatic rings. The van der Waals surface area contributed by atoms with E-state index in [1.807, 2.05) is 30.0 Å². The third-order valence-corrected chi connectivity index (χ3v) is 6.57. The first-order valence-electron chi connectivity index (χ1n) is 8.85. The van der Waals surface area contributed by atoms with Gasteiger partial charge in [0, 0.05) is 10.8 Å². The first-order chi connectivity index (χ1) is 12.0. The molecular weight excluding hydrogens is 324 g/mol. The summed E-state index contributed by atoms with van der Waals surface area (Å²) in [5.74, 6) is 3.44. The summed E-state index contributed by atoms with van der Waals surface area (Å²) in [6.07, 6.45) is 3.42. The lowest BCUT2D eigenvalue weighted by molar-refractivity contribution is 0.494. The minimum Gasteiger partial charge on any atom is -0.233 e. The van der Waals surface area contributed by atoms with Gasteiger partial charge >= 0.3 is 0 Å². The molecule has 0 saturated heterocycles. The number of hydrogen-bond donors (Lipinski definition) is 0. The molecule has 0 saturated carbocycles. The van der Waals surface area contributed by atoms with Crippen LogP contribution in [-0.4, -0.2) is 11.7 Å². The molecule has 2 aliphatic rings. The summed E-state index contributed by atoms with van der Waals surface area (Å²) >= 11 is 1.96. The SMILES string of the molecule is CC1C=C(c2ccc3c(c2)C(C)(C)CCS3)c2ccccc2C1=C=O. The molecule has 2 heteroatoms. The molecule has 0 aromatic heterocycles. The van der Waals surface area contributed by atoms with Crippen molar-refractivity contribution in [2.24, 2.45) is 5.92 Å². The molecular formula is C23H22OS. The van der Waals surface area contributed by atoms with Gasteiger partial charge in [-0.15, -0.1) is 11.8 Å². The van der Waals surface area contributed by atoms with Crippen LogP contribution in [0, 0.1) is 5.92 Å². The molecule has 1 aliphatic heterocycles. The van der Waals surface area contributed by atoms with Crippen LogP contribution in [0.15, 0.2) is 53.4 Å². The van der Waals surface area contributed by atoms with E-state index in [-0.39, 0.29) is 11.3 Å². The Hall–Kier alpha value is -2.02. The van der Waals surface area contributed by atoms with Gasteiger partial charge in [-0.25, -0.2) is 4.79 Å². The smallest absolute Gasteiger partial charge is 0.129 e. The molecule has 0 radical (unpaired) electrons. The van der Waals surface area contributed by atoms with E-state index >= 15 is 0 Å². The van der Waals surface area contributed by atoms with Gasteiger partial charge in [0.05, 0.1) is 5.57 Å². The van der Waals surface area contributed by atoms with Crippen LogP contribution in [-0.2, 0) is 10.2 Å². The summed E-state index contributed by atoms with van der Waals surface area (Å²) in [6, 6.07) is 15.1. The Morgan fingerprint density at radius 1 is 1.12 bits per heavy atom. The summed E-state index contributed by atoms with van der Waals surface area (Å²) in [4.78, 5) is 12.9. The Morgan fingerprint density at radius 3 is 2.64 bits per heavy atom. The fourth-order valence-electron chi connectivity index (χ4n) is 3.92. The van der Waals surface area contributed by atoms with Crippen LogP contribution in [0.4, 0.5) is 0 Å². The van der Waals surface area contributed by atoms with E-state index in [9.17, 15) is 4.79 Å². The summed E-state index contributed by atoms with van der Waals surface area (Å²) in [5.41, 5.74) is 7.06. The van der Waals surface area contributed by atoms with Crippen molar-refractivity contribution in [3.05, 3.63) is 70.8 Å². The van der Waals surface area contributed by atoms with Crippen LogP contribution < -0.4 is 0 Å². The summed E-state index contributed by atoms with van der Waals surface area (Å²) in [5, 5.41) is 0. The summed E-state index contributed by atoms with van der Waals surface area (Å²) < 4.78 is 0. The number of fused-ring (bicyclic) bond motifs is 2. The Bertz CT molecular complexity index is 929. The van der Waals surface area contributed by atoms with Gasteiger partial charge in [-0.2, -0.15) is 0 Å². The van der Waals surface area contributed by atoms with E-state index in [1.165, 1.54) is 33.8 Å². The Kier molecular flexibility index (Phi) is 3.98. The molecule has 1 unspecified atom stereocenters. The highest BCUT2D eigenvalue weighted by atomic mass is 32.2. The predicted octanol–water partition coefficient (Wildman–Crippen LogP) is 5.76. The minimum absolute atomic E-state index is 0.0841. The van der Waals surface area contributed by atoms with Crippen LogP contribution in [0.1, 0.15) is 49.4 Å². The van der Waals surface area contributed by atoms with Gasteiger partial charge < -0.3 is 0 Å². The second-order valence-electron chi connectivity index (χ2n) is 7.62. The highest BCUT2D eigenvalue weighted by molar-refractivity contribution is 7.99. The number of allylic oxidation sites excluding steroid dienone is 2. The normalized spacial score (nSPS) is 21.0. The van der Waals surface area contributed by atoms with E-state index in [0.29, 0.717) is 0 Å². The lowest BCUT2D eigenvalue weighted by Crippen LogP contribution is -2.23. The van der Waals surface area contributed by atoms with E-state index in [2.05, 4.69) is 57.1 Å².